The summed E-state index contributed by atoms with van der Waals surface area (Å²) in [6, 6.07) is 8.97. The first-order valence-corrected chi connectivity index (χ1v) is 6.78. The number of imidazole rings is 1. The lowest BCUT2D eigenvalue weighted by Gasteiger charge is -2.20. The quantitative estimate of drug-likeness (QED) is 0.744. The molecule has 1 fully saturated rings. The Morgan fingerprint density at radius 2 is 2.00 bits per heavy atom. The molecule has 0 amide bonds. The number of aromatic nitrogens is 2. The van der Waals surface area contributed by atoms with Gasteiger partial charge < -0.3 is 9.55 Å². The summed E-state index contributed by atoms with van der Waals surface area (Å²) >= 11 is 5.49. The predicted octanol–water partition coefficient (Wildman–Crippen LogP) is 4.31. The lowest BCUT2D eigenvalue weighted by Crippen LogP contribution is -2.14. The van der Waals surface area contributed by atoms with Crippen molar-refractivity contribution in [2.75, 3.05) is 0 Å². The molecule has 90 valence electrons. The molecule has 0 bridgehead atoms. The third-order valence-electron chi connectivity index (χ3n) is 4.38. The second-order valence-electron chi connectivity index (χ2n) is 5.30. The van der Waals surface area contributed by atoms with Gasteiger partial charge in [-0.25, -0.2) is 0 Å². The van der Waals surface area contributed by atoms with E-state index in [4.69, 9.17) is 12.2 Å². The van der Waals surface area contributed by atoms with Crippen LogP contribution in [-0.2, 0) is 0 Å². The molecule has 0 spiro atoms. The molecule has 3 rings (SSSR count). The van der Waals surface area contributed by atoms with Crippen LogP contribution in [-0.4, -0.2) is 9.55 Å². The molecule has 3 unspecified atom stereocenters. The van der Waals surface area contributed by atoms with E-state index in [0.717, 1.165) is 16.2 Å². The van der Waals surface area contributed by atoms with Gasteiger partial charge in [-0.3, -0.25) is 0 Å². The van der Waals surface area contributed by atoms with E-state index >= 15 is 0 Å². The maximum Gasteiger partial charge on any atom is 0.178 e. The van der Waals surface area contributed by atoms with Crippen molar-refractivity contribution in [1.29, 1.82) is 0 Å². The smallest absolute Gasteiger partial charge is 0.178 e. The fraction of sp³-hybridized carbons (Fsp3) is 0.500. The minimum Gasteiger partial charge on any atom is -0.331 e. The van der Waals surface area contributed by atoms with Crippen LogP contribution in [0.15, 0.2) is 24.3 Å². The zero-order valence-corrected chi connectivity index (χ0v) is 11.1. The number of hydrogen-bond donors (Lipinski definition) is 1. The molecule has 0 radical (unpaired) electrons. The van der Waals surface area contributed by atoms with Crippen molar-refractivity contribution < 1.29 is 0 Å². The number of aromatic amines is 1. The van der Waals surface area contributed by atoms with Crippen molar-refractivity contribution in [3.63, 3.8) is 0 Å². The second kappa shape index (κ2) is 3.98. The molecule has 1 N–H and O–H groups in total. The molecule has 2 nitrogen and oxygen atoms in total. The zero-order chi connectivity index (χ0) is 12.0. The average molecular weight is 246 g/mol. The fourth-order valence-corrected chi connectivity index (χ4v) is 3.45. The van der Waals surface area contributed by atoms with Crippen LogP contribution in [0.25, 0.3) is 11.0 Å². The number of H-pyrrole nitrogens is 1. The molecule has 17 heavy (non-hydrogen) atoms. The Balaban J connectivity index is 2.17. The summed E-state index contributed by atoms with van der Waals surface area (Å²) in [7, 11) is 0. The molecule has 3 atom stereocenters. The number of rotatable bonds is 1. The SMILES string of the molecule is CC1CCC(n2c(=S)[nH]c3ccccc32)C1C. The van der Waals surface area contributed by atoms with E-state index in [0.29, 0.717) is 12.0 Å². The highest BCUT2D eigenvalue weighted by Gasteiger charge is 2.32. The van der Waals surface area contributed by atoms with E-state index in [9.17, 15) is 0 Å². The topological polar surface area (TPSA) is 20.7 Å². The third-order valence-corrected chi connectivity index (χ3v) is 4.68. The number of hydrogen-bond acceptors (Lipinski definition) is 1. The predicted molar refractivity (Wildman–Crippen MR) is 73.7 cm³/mol. The lowest BCUT2D eigenvalue weighted by molar-refractivity contribution is 0.356. The molecule has 1 saturated carbocycles. The van der Waals surface area contributed by atoms with E-state index in [2.05, 4.69) is 47.7 Å². The summed E-state index contributed by atoms with van der Waals surface area (Å²) in [4.78, 5) is 3.32. The number of benzene rings is 1. The monoisotopic (exact) mass is 246 g/mol. The first kappa shape index (κ1) is 11.0. The van der Waals surface area contributed by atoms with Gasteiger partial charge in [0.15, 0.2) is 4.77 Å². The Labute approximate surface area is 107 Å². The largest absolute Gasteiger partial charge is 0.331 e. The van der Waals surface area contributed by atoms with Gasteiger partial charge in [-0.1, -0.05) is 26.0 Å². The van der Waals surface area contributed by atoms with Gasteiger partial charge in [0.2, 0.25) is 0 Å². The molecular weight excluding hydrogens is 228 g/mol. The van der Waals surface area contributed by atoms with Gasteiger partial charge in [-0.05, 0) is 49.0 Å². The van der Waals surface area contributed by atoms with Gasteiger partial charge in [-0.2, -0.15) is 0 Å². The normalized spacial score (nSPS) is 28.9. The van der Waals surface area contributed by atoms with Gasteiger partial charge in [0.05, 0.1) is 11.0 Å². The van der Waals surface area contributed by atoms with Crippen LogP contribution in [0.3, 0.4) is 0 Å². The average Bonchev–Trinajstić information content (AvgIpc) is 2.80. The second-order valence-corrected chi connectivity index (χ2v) is 5.69. The number of para-hydroxylation sites is 2. The molecule has 1 aromatic heterocycles. The van der Waals surface area contributed by atoms with Gasteiger partial charge in [-0.15, -0.1) is 0 Å². The standard InChI is InChI=1S/C14H18N2S/c1-9-7-8-12(10(9)2)16-13-6-4-3-5-11(13)15-14(16)17/h3-6,9-10,12H,7-8H2,1-2H3,(H,15,17). The van der Waals surface area contributed by atoms with Crippen molar-refractivity contribution in [3.05, 3.63) is 29.0 Å². The fourth-order valence-electron chi connectivity index (χ4n) is 3.11. The zero-order valence-electron chi connectivity index (χ0n) is 10.3. The molecule has 0 saturated heterocycles. The summed E-state index contributed by atoms with van der Waals surface area (Å²) < 4.78 is 3.20. The van der Waals surface area contributed by atoms with Crippen LogP contribution >= 0.6 is 12.2 Å². The summed E-state index contributed by atoms with van der Waals surface area (Å²) in [5, 5.41) is 0. The van der Waals surface area contributed by atoms with Crippen LogP contribution in [0.4, 0.5) is 0 Å². The van der Waals surface area contributed by atoms with E-state index in [1.807, 2.05) is 0 Å². The molecule has 2 aromatic rings. The van der Waals surface area contributed by atoms with Crippen molar-refractivity contribution in [2.45, 2.75) is 32.7 Å². The Hall–Kier alpha value is -1.09. The molecular formula is C14H18N2S. The highest BCUT2D eigenvalue weighted by Crippen LogP contribution is 2.41. The maximum atomic E-state index is 5.49. The van der Waals surface area contributed by atoms with E-state index in [1.54, 1.807) is 0 Å². The number of fused-ring (bicyclic) bond motifs is 1. The summed E-state index contributed by atoms with van der Waals surface area (Å²) in [5.41, 5.74) is 2.41. The third kappa shape index (κ3) is 1.64. The first-order valence-electron chi connectivity index (χ1n) is 6.37. The van der Waals surface area contributed by atoms with Gasteiger partial charge in [0, 0.05) is 6.04 Å². The maximum absolute atomic E-state index is 5.49. The molecule has 1 aliphatic carbocycles. The summed E-state index contributed by atoms with van der Waals surface area (Å²) in [5.74, 6) is 1.51. The van der Waals surface area contributed by atoms with Crippen molar-refractivity contribution in [2.24, 2.45) is 11.8 Å². The molecule has 0 aliphatic heterocycles. The first-order chi connectivity index (χ1) is 8.18. The molecule has 1 aliphatic rings. The molecule has 1 aromatic carbocycles. The van der Waals surface area contributed by atoms with Crippen LogP contribution in [0.5, 0.6) is 0 Å². The minimum atomic E-state index is 0.564. The van der Waals surface area contributed by atoms with Crippen LogP contribution in [0.2, 0.25) is 0 Å². The highest BCUT2D eigenvalue weighted by atomic mass is 32.1. The molecule has 3 heteroatoms. The van der Waals surface area contributed by atoms with Gasteiger partial charge >= 0.3 is 0 Å². The Bertz CT molecular complexity index is 596. The van der Waals surface area contributed by atoms with E-state index < -0.39 is 0 Å². The lowest BCUT2D eigenvalue weighted by atomic mass is 9.97. The Kier molecular flexibility index (Phi) is 2.58. The van der Waals surface area contributed by atoms with Crippen molar-refractivity contribution >= 4 is 23.3 Å². The van der Waals surface area contributed by atoms with Crippen molar-refractivity contribution in [1.82, 2.24) is 9.55 Å². The number of nitrogens with zero attached hydrogens (tertiary/aromatic N) is 1. The van der Waals surface area contributed by atoms with Crippen LogP contribution in [0.1, 0.15) is 32.7 Å². The van der Waals surface area contributed by atoms with Crippen LogP contribution < -0.4 is 0 Å². The van der Waals surface area contributed by atoms with Crippen molar-refractivity contribution in [3.8, 4) is 0 Å². The van der Waals surface area contributed by atoms with E-state index in [-0.39, 0.29) is 0 Å². The summed E-state index contributed by atoms with van der Waals surface area (Å²) in [6.07, 6.45) is 2.56. The number of nitrogens with one attached hydrogen (secondary N) is 1. The summed E-state index contributed by atoms with van der Waals surface area (Å²) in [6.45, 7) is 4.70. The van der Waals surface area contributed by atoms with Gasteiger partial charge in [0.25, 0.3) is 0 Å². The Morgan fingerprint density at radius 3 is 2.71 bits per heavy atom. The van der Waals surface area contributed by atoms with Gasteiger partial charge in [0.1, 0.15) is 0 Å². The Morgan fingerprint density at radius 1 is 1.24 bits per heavy atom. The van der Waals surface area contributed by atoms with Crippen LogP contribution in [0, 0.1) is 16.6 Å². The molecule has 1 heterocycles. The minimum absolute atomic E-state index is 0.564. The highest BCUT2D eigenvalue weighted by molar-refractivity contribution is 7.71. The van der Waals surface area contributed by atoms with E-state index in [1.165, 1.54) is 18.4 Å².